The van der Waals surface area contributed by atoms with Crippen molar-refractivity contribution in [1.82, 2.24) is 9.97 Å². The molecule has 0 fully saturated rings. The molecule has 0 aromatic carbocycles. The van der Waals surface area contributed by atoms with Gasteiger partial charge in [-0.2, -0.15) is 11.3 Å². The van der Waals surface area contributed by atoms with E-state index in [2.05, 4.69) is 9.97 Å². The number of hydrogen-bond donors (Lipinski definition) is 1. The van der Waals surface area contributed by atoms with Crippen LogP contribution in [0.25, 0.3) is 11.4 Å². The van der Waals surface area contributed by atoms with Crippen molar-refractivity contribution in [2.45, 2.75) is 13.8 Å². The third kappa shape index (κ3) is 1.94. The quantitative estimate of drug-likeness (QED) is 0.867. The summed E-state index contributed by atoms with van der Waals surface area (Å²) in [4.78, 5) is 19.2. The van der Waals surface area contributed by atoms with E-state index in [-0.39, 0.29) is 5.69 Å². The molecule has 2 heterocycles. The van der Waals surface area contributed by atoms with E-state index in [1.807, 2.05) is 17.7 Å². The van der Waals surface area contributed by atoms with Gasteiger partial charge >= 0.3 is 5.97 Å². The Balaban J connectivity index is 2.58. The lowest BCUT2D eigenvalue weighted by Gasteiger charge is -2.02. The number of aryl methyl sites for hydroxylation is 2. The maximum Gasteiger partial charge on any atom is 0.354 e. The van der Waals surface area contributed by atoms with Gasteiger partial charge in [-0.25, -0.2) is 14.8 Å². The molecule has 82 valence electrons. The third-order valence-electron chi connectivity index (χ3n) is 2.17. The van der Waals surface area contributed by atoms with Crippen molar-refractivity contribution >= 4 is 17.3 Å². The smallest absolute Gasteiger partial charge is 0.354 e. The summed E-state index contributed by atoms with van der Waals surface area (Å²) in [6.45, 7) is 3.72. The Morgan fingerprint density at radius 1 is 1.31 bits per heavy atom. The van der Waals surface area contributed by atoms with Crippen LogP contribution in [-0.2, 0) is 0 Å². The first-order valence-electron chi connectivity index (χ1n) is 4.70. The Morgan fingerprint density at radius 3 is 2.62 bits per heavy atom. The Labute approximate surface area is 96.6 Å². The normalized spacial score (nSPS) is 10.4. The first kappa shape index (κ1) is 10.8. The first-order chi connectivity index (χ1) is 7.58. The summed E-state index contributed by atoms with van der Waals surface area (Å²) in [6.07, 6.45) is 0. The highest BCUT2D eigenvalue weighted by Gasteiger charge is 2.11. The number of aromatic nitrogens is 2. The molecule has 1 N–H and O–H groups in total. The second-order valence-corrected chi connectivity index (χ2v) is 4.24. The largest absolute Gasteiger partial charge is 0.477 e. The van der Waals surface area contributed by atoms with Gasteiger partial charge in [0.05, 0.1) is 0 Å². The van der Waals surface area contributed by atoms with Gasteiger partial charge < -0.3 is 5.11 Å². The lowest BCUT2D eigenvalue weighted by Crippen LogP contribution is -2.04. The summed E-state index contributed by atoms with van der Waals surface area (Å²) in [5.74, 6) is -0.546. The fraction of sp³-hybridized carbons (Fsp3) is 0.182. The van der Waals surface area contributed by atoms with Crippen LogP contribution in [0.5, 0.6) is 0 Å². The van der Waals surface area contributed by atoms with E-state index in [0.29, 0.717) is 11.5 Å². The molecule has 0 atom stereocenters. The monoisotopic (exact) mass is 234 g/mol. The molecule has 0 aliphatic heterocycles. The van der Waals surface area contributed by atoms with Crippen LogP contribution >= 0.6 is 11.3 Å². The highest BCUT2D eigenvalue weighted by molar-refractivity contribution is 7.08. The number of carbonyl (C=O) groups is 1. The van der Waals surface area contributed by atoms with Crippen molar-refractivity contribution in [1.29, 1.82) is 0 Å². The zero-order valence-corrected chi connectivity index (χ0v) is 9.71. The number of carboxylic acids is 1. The Morgan fingerprint density at radius 2 is 2.06 bits per heavy atom. The van der Waals surface area contributed by atoms with Crippen LogP contribution in [0.4, 0.5) is 0 Å². The van der Waals surface area contributed by atoms with Crippen molar-refractivity contribution in [3.8, 4) is 11.4 Å². The predicted octanol–water partition coefficient (Wildman–Crippen LogP) is 2.52. The average Bonchev–Trinajstić information content (AvgIpc) is 2.63. The maximum atomic E-state index is 10.9. The molecule has 0 unspecified atom stereocenters. The second kappa shape index (κ2) is 4.02. The standard InChI is InChI=1S/C11H10N2O2S/c1-6-4-16-5-8(6)10-12-7(2)3-9(13-10)11(14)15/h3-5H,1-2H3,(H,14,15). The van der Waals surface area contributed by atoms with Gasteiger partial charge in [-0.15, -0.1) is 0 Å². The molecule has 0 radical (unpaired) electrons. The fourth-order valence-corrected chi connectivity index (χ4v) is 2.21. The van der Waals surface area contributed by atoms with Crippen molar-refractivity contribution in [2.24, 2.45) is 0 Å². The molecule has 2 aromatic rings. The molecule has 0 aliphatic rings. The molecular formula is C11H10N2O2S. The van der Waals surface area contributed by atoms with Crippen LogP contribution in [0.3, 0.4) is 0 Å². The number of carboxylic acid groups (broad SMARTS) is 1. The SMILES string of the molecule is Cc1cc(C(=O)O)nc(-c2cscc2C)n1. The molecule has 0 amide bonds. The Hall–Kier alpha value is -1.75. The van der Waals surface area contributed by atoms with Crippen LogP contribution in [0.15, 0.2) is 16.8 Å². The molecule has 4 nitrogen and oxygen atoms in total. The molecule has 5 heteroatoms. The average molecular weight is 234 g/mol. The molecule has 0 aliphatic carbocycles. The van der Waals surface area contributed by atoms with E-state index in [9.17, 15) is 4.79 Å². The van der Waals surface area contributed by atoms with Gasteiger partial charge in [-0.3, -0.25) is 0 Å². The van der Waals surface area contributed by atoms with Crippen LogP contribution in [0.1, 0.15) is 21.7 Å². The van der Waals surface area contributed by atoms with E-state index in [0.717, 1.165) is 11.1 Å². The lowest BCUT2D eigenvalue weighted by molar-refractivity contribution is 0.0690. The van der Waals surface area contributed by atoms with Gasteiger partial charge in [0.1, 0.15) is 0 Å². The molecule has 2 aromatic heterocycles. The fourth-order valence-electron chi connectivity index (χ4n) is 1.39. The molecule has 2 rings (SSSR count). The number of hydrogen-bond acceptors (Lipinski definition) is 4. The highest BCUT2D eigenvalue weighted by Crippen LogP contribution is 2.24. The van der Waals surface area contributed by atoms with E-state index in [1.54, 1.807) is 18.3 Å². The second-order valence-electron chi connectivity index (χ2n) is 3.49. The lowest BCUT2D eigenvalue weighted by atomic mass is 10.2. The van der Waals surface area contributed by atoms with Gasteiger partial charge in [0.15, 0.2) is 11.5 Å². The Bertz CT molecular complexity index is 549. The minimum atomic E-state index is -1.03. The predicted molar refractivity (Wildman–Crippen MR) is 61.8 cm³/mol. The third-order valence-corrected chi connectivity index (χ3v) is 3.03. The zero-order chi connectivity index (χ0) is 11.7. The first-order valence-corrected chi connectivity index (χ1v) is 5.64. The Kier molecular flexibility index (Phi) is 2.70. The van der Waals surface area contributed by atoms with Gasteiger partial charge in [0, 0.05) is 16.6 Å². The van der Waals surface area contributed by atoms with Crippen molar-refractivity contribution in [3.05, 3.63) is 33.8 Å². The summed E-state index contributed by atoms with van der Waals surface area (Å²) in [6, 6.07) is 1.47. The number of thiophene rings is 1. The summed E-state index contributed by atoms with van der Waals surface area (Å²) in [7, 11) is 0. The number of aromatic carboxylic acids is 1. The minimum absolute atomic E-state index is 0.0353. The van der Waals surface area contributed by atoms with Crippen molar-refractivity contribution in [3.63, 3.8) is 0 Å². The molecule has 0 bridgehead atoms. The summed E-state index contributed by atoms with van der Waals surface area (Å²) in [5, 5.41) is 12.8. The van der Waals surface area contributed by atoms with Gasteiger partial charge in [-0.1, -0.05) is 0 Å². The molecular weight excluding hydrogens is 224 g/mol. The van der Waals surface area contributed by atoms with Crippen molar-refractivity contribution < 1.29 is 9.90 Å². The molecule has 0 saturated heterocycles. The van der Waals surface area contributed by atoms with Crippen molar-refractivity contribution in [2.75, 3.05) is 0 Å². The van der Waals surface area contributed by atoms with E-state index in [4.69, 9.17) is 5.11 Å². The summed E-state index contributed by atoms with van der Waals surface area (Å²) >= 11 is 1.55. The van der Waals surface area contributed by atoms with E-state index in [1.165, 1.54) is 6.07 Å². The minimum Gasteiger partial charge on any atom is -0.477 e. The van der Waals surface area contributed by atoms with Crippen LogP contribution in [-0.4, -0.2) is 21.0 Å². The summed E-state index contributed by atoms with van der Waals surface area (Å²) < 4.78 is 0. The van der Waals surface area contributed by atoms with Gasteiger partial charge in [0.25, 0.3) is 0 Å². The van der Waals surface area contributed by atoms with Gasteiger partial charge in [-0.05, 0) is 30.9 Å². The van der Waals surface area contributed by atoms with E-state index < -0.39 is 5.97 Å². The topological polar surface area (TPSA) is 63.1 Å². The number of rotatable bonds is 2. The van der Waals surface area contributed by atoms with Crippen LogP contribution in [0, 0.1) is 13.8 Å². The highest BCUT2D eigenvalue weighted by atomic mass is 32.1. The maximum absolute atomic E-state index is 10.9. The molecule has 0 saturated carbocycles. The zero-order valence-electron chi connectivity index (χ0n) is 8.89. The number of nitrogens with zero attached hydrogens (tertiary/aromatic N) is 2. The summed E-state index contributed by atoms with van der Waals surface area (Å²) in [5.41, 5.74) is 2.66. The van der Waals surface area contributed by atoms with Gasteiger partial charge in [0.2, 0.25) is 0 Å². The molecule has 0 spiro atoms. The molecule has 16 heavy (non-hydrogen) atoms. The van der Waals surface area contributed by atoms with E-state index >= 15 is 0 Å². The van der Waals surface area contributed by atoms with Crippen LogP contribution in [0.2, 0.25) is 0 Å². The van der Waals surface area contributed by atoms with Crippen LogP contribution < -0.4 is 0 Å².